The van der Waals surface area contributed by atoms with Crippen molar-refractivity contribution in [1.29, 1.82) is 0 Å². The smallest absolute Gasteiger partial charge is 0.238 e. The Balaban J connectivity index is 2.22. The van der Waals surface area contributed by atoms with E-state index in [4.69, 9.17) is 4.74 Å². The molecule has 0 saturated carbocycles. The minimum atomic E-state index is 0.478. The molecule has 0 spiro atoms. The predicted octanol–water partition coefficient (Wildman–Crippen LogP) is 3.79. The van der Waals surface area contributed by atoms with Crippen LogP contribution in [0.5, 0.6) is 11.6 Å². The monoisotopic (exact) mass is 328 g/mol. The second kappa shape index (κ2) is 4.72. The first kappa shape index (κ1) is 10.6. The zero-order valence-electron chi connectivity index (χ0n) is 7.52. The lowest BCUT2D eigenvalue weighted by Gasteiger charge is -2.04. The first-order chi connectivity index (χ1) is 7.25. The average molecular weight is 330 g/mol. The van der Waals surface area contributed by atoms with Crippen LogP contribution >= 0.6 is 31.9 Å². The summed E-state index contributed by atoms with van der Waals surface area (Å²) < 4.78 is 7.40. The van der Waals surface area contributed by atoms with Crippen molar-refractivity contribution in [2.24, 2.45) is 0 Å². The van der Waals surface area contributed by atoms with Crippen molar-refractivity contribution in [2.75, 3.05) is 0 Å². The van der Waals surface area contributed by atoms with Crippen molar-refractivity contribution in [1.82, 2.24) is 10.2 Å². The number of aromatic nitrogens is 2. The summed E-state index contributed by atoms with van der Waals surface area (Å²) in [6.07, 6.45) is 1.60. The van der Waals surface area contributed by atoms with Gasteiger partial charge >= 0.3 is 0 Å². The summed E-state index contributed by atoms with van der Waals surface area (Å²) in [5.74, 6) is 1.19. The van der Waals surface area contributed by atoms with E-state index in [0.29, 0.717) is 11.6 Å². The lowest BCUT2D eigenvalue weighted by Crippen LogP contribution is -1.88. The highest BCUT2D eigenvalue weighted by atomic mass is 79.9. The van der Waals surface area contributed by atoms with Crippen molar-refractivity contribution in [2.45, 2.75) is 0 Å². The number of rotatable bonds is 2. The van der Waals surface area contributed by atoms with Crippen LogP contribution in [0.1, 0.15) is 0 Å². The summed E-state index contributed by atoms with van der Waals surface area (Å²) in [5.41, 5.74) is 0. The maximum absolute atomic E-state index is 5.49. The molecular weight excluding hydrogens is 324 g/mol. The molecule has 1 heterocycles. The number of hydrogen-bond donors (Lipinski definition) is 0. The Morgan fingerprint density at radius 3 is 2.60 bits per heavy atom. The normalized spacial score (nSPS) is 10.0. The van der Waals surface area contributed by atoms with Gasteiger partial charge in [-0.3, -0.25) is 0 Å². The lowest BCUT2D eigenvalue weighted by molar-refractivity contribution is 0.455. The number of ether oxygens (including phenoxy) is 1. The van der Waals surface area contributed by atoms with Crippen LogP contribution in [0.15, 0.2) is 45.5 Å². The van der Waals surface area contributed by atoms with Crippen LogP contribution in [0.2, 0.25) is 0 Å². The van der Waals surface area contributed by atoms with E-state index < -0.39 is 0 Å². The van der Waals surface area contributed by atoms with Crippen LogP contribution in [0.3, 0.4) is 0 Å². The summed E-state index contributed by atoms with van der Waals surface area (Å²) in [7, 11) is 0. The minimum absolute atomic E-state index is 0.478. The van der Waals surface area contributed by atoms with Crippen LogP contribution < -0.4 is 4.74 Å². The molecule has 0 aliphatic carbocycles. The van der Waals surface area contributed by atoms with Gasteiger partial charge in [-0.25, -0.2) is 0 Å². The van der Waals surface area contributed by atoms with Gasteiger partial charge in [-0.15, -0.1) is 5.10 Å². The third-order valence-corrected chi connectivity index (χ3v) is 3.54. The number of nitrogens with zero attached hydrogens (tertiary/aromatic N) is 2. The average Bonchev–Trinajstić information content (AvgIpc) is 2.25. The quantitative estimate of drug-likeness (QED) is 0.840. The van der Waals surface area contributed by atoms with E-state index in [2.05, 4.69) is 42.1 Å². The Hall–Kier alpha value is -0.940. The Kier molecular flexibility index (Phi) is 3.33. The number of halogens is 2. The highest BCUT2D eigenvalue weighted by molar-refractivity contribution is 9.13. The molecule has 5 heteroatoms. The third-order valence-electron chi connectivity index (χ3n) is 1.66. The van der Waals surface area contributed by atoms with Gasteiger partial charge in [-0.05, 0) is 56.1 Å². The van der Waals surface area contributed by atoms with Gasteiger partial charge in [0.2, 0.25) is 5.88 Å². The molecule has 0 radical (unpaired) electrons. The minimum Gasteiger partial charge on any atom is -0.437 e. The Morgan fingerprint density at radius 2 is 1.93 bits per heavy atom. The molecule has 2 aromatic rings. The zero-order valence-corrected chi connectivity index (χ0v) is 10.7. The van der Waals surface area contributed by atoms with E-state index in [0.717, 1.165) is 8.95 Å². The van der Waals surface area contributed by atoms with Gasteiger partial charge in [0.05, 0.1) is 0 Å². The van der Waals surface area contributed by atoms with Crippen LogP contribution in [0.25, 0.3) is 0 Å². The molecule has 0 fully saturated rings. The zero-order chi connectivity index (χ0) is 10.7. The van der Waals surface area contributed by atoms with Crippen molar-refractivity contribution >= 4 is 31.9 Å². The largest absolute Gasteiger partial charge is 0.437 e. The lowest BCUT2D eigenvalue weighted by atomic mass is 10.3. The number of hydrogen-bond acceptors (Lipinski definition) is 3. The molecule has 0 aliphatic rings. The summed E-state index contributed by atoms with van der Waals surface area (Å²) in [6.45, 7) is 0. The van der Waals surface area contributed by atoms with Gasteiger partial charge in [0, 0.05) is 21.2 Å². The molecule has 0 atom stereocenters. The van der Waals surface area contributed by atoms with Crippen LogP contribution in [-0.4, -0.2) is 10.2 Å². The van der Waals surface area contributed by atoms with E-state index >= 15 is 0 Å². The van der Waals surface area contributed by atoms with Crippen molar-refractivity contribution in [3.8, 4) is 11.6 Å². The second-order valence-electron chi connectivity index (χ2n) is 2.74. The summed E-state index contributed by atoms with van der Waals surface area (Å²) in [4.78, 5) is 0. The van der Waals surface area contributed by atoms with Crippen LogP contribution in [0, 0.1) is 0 Å². The molecule has 1 aromatic carbocycles. The fourth-order valence-corrected chi connectivity index (χ4v) is 1.61. The predicted molar refractivity (Wildman–Crippen MR) is 63.9 cm³/mol. The molecule has 2 rings (SSSR count). The van der Waals surface area contributed by atoms with Gasteiger partial charge in [0.15, 0.2) is 0 Å². The van der Waals surface area contributed by atoms with Crippen LogP contribution in [-0.2, 0) is 0 Å². The second-order valence-corrected chi connectivity index (χ2v) is 4.45. The summed E-state index contributed by atoms with van der Waals surface area (Å²) >= 11 is 6.78. The van der Waals surface area contributed by atoms with Crippen molar-refractivity contribution in [3.05, 3.63) is 45.5 Å². The van der Waals surface area contributed by atoms with Crippen LogP contribution in [0.4, 0.5) is 0 Å². The molecule has 0 bridgehead atoms. The Morgan fingerprint density at radius 1 is 1.07 bits per heavy atom. The van der Waals surface area contributed by atoms with Crippen molar-refractivity contribution in [3.63, 3.8) is 0 Å². The van der Waals surface area contributed by atoms with Gasteiger partial charge in [0.1, 0.15) is 5.75 Å². The van der Waals surface area contributed by atoms with Crippen molar-refractivity contribution < 1.29 is 4.74 Å². The maximum atomic E-state index is 5.49. The molecule has 0 unspecified atom stereocenters. The standard InChI is InChI=1S/C10H6Br2N2O/c11-8-4-3-7(6-9(8)12)15-10-2-1-5-13-14-10/h1-6H. The molecule has 1 aromatic heterocycles. The molecule has 0 N–H and O–H groups in total. The van der Waals surface area contributed by atoms with E-state index in [1.165, 1.54) is 0 Å². The molecule has 0 amide bonds. The van der Waals surface area contributed by atoms with Gasteiger partial charge in [-0.1, -0.05) is 0 Å². The molecular formula is C10H6Br2N2O. The van der Waals surface area contributed by atoms with Gasteiger partial charge < -0.3 is 4.74 Å². The highest BCUT2D eigenvalue weighted by Gasteiger charge is 2.01. The van der Waals surface area contributed by atoms with E-state index in [-0.39, 0.29) is 0 Å². The summed E-state index contributed by atoms with van der Waals surface area (Å²) in [5, 5.41) is 7.55. The maximum Gasteiger partial charge on any atom is 0.238 e. The first-order valence-electron chi connectivity index (χ1n) is 4.16. The molecule has 0 aliphatic heterocycles. The molecule has 3 nitrogen and oxygen atoms in total. The Labute approximate surface area is 104 Å². The fraction of sp³-hybridized carbons (Fsp3) is 0. The highest BCUT2D eigenvalue weighted by Crippen LogP contribution is 2.29. The summed E-state index contributed by atoms with van der Waals surface area (Å²) in [6, 6.07) is 9.14. The van der Waals surface area contributed by atoms with Gasteiger partial charge in [0.25, 0.3) is 0 Å². The van der Waals surface area contributed by atoms with E-state index in [9.17, 15) is 0 Å². The first-order valence-corrected chi connectivity index (χ1v) is 5.75. The third kappa shape index (κ3) is 2.76. The molecule has 0 saturated heterocycles. The van der Waals surface area contributed by atoms with E-state index in [1.54, 1.807) is 18.3 Å². The molecule has 15 heavy (non-hydrogen) atoms. The Bertz CT molecular complexity index is 462. The topological polar surface area (TPSA) is 35.0 Å². The molecule has 76 valence electrons. The SMILES string of the molecule is Brc1ccc(Oc2cccnn2)cc1Br. The fourth-order valence-electron chi connectivity index (χ4n) is 1.00. The van der Waals surface area contributed by atoms with E-state index in [1.807, 2.05) is 18.2 Å². The number of benzene rings is 1. The van der Waals surface area contributed by atoms with Gasteiger partial charge in [-0.2, -0.15) is 5.10 Å².